The number of amides is 3. The normalized spacial score (nSPS) is 23.1. The van der Waals surface area contributed by atoms with Crippen LogP contribution in [0, 0.1) is 11.3 Å². The van der Waals surface area contributed by atoms with Crippen molar-refractivity contribution in [2.75, 3.05) is 44.6 Å². The molecule has 3 heterocycles. The highest BCUT2D eigenvalue weighted by molar-refractivity contribution is 6.36. The van der Waals surface area contributed by atoms with E-state index >= 15 is 0 Å². The van der Waals surface area contributed by atoms with Gasteiger partial charge in [-0.15, -0.1) is 0 Å². The van der Waals surface area contributed by atoms with Crippen LogP contribution >= 0.6 is 23.2 Å². The molecular formula is C39H49Cl2N5O5. The number of likely N-dealkylation sites (tertiary alicyclic amines) is 1. The predicted molar refractivity (Wildman–Crippen MR) is 200 cm³/mol. The number of carbonyl (C=O) groups is 4. The van der Waals surface area contributed by atoms with E-state index in [1.165, 1.54) is 0 Å². The molecule has 1 N–H and O–H groups in total. The standard InChI is InChI=1S/C39H49Cl2N5O5/c1-39(2,3)38(50)45-15-13-44(14-16-45)27-19-28(24-51-29-11-9-25(23-47)10-12-29)46(21-27)36(48)18-26-17-33(41)34(20-32(26)40)42-37(49)31-22-43(4)35-8-6-5-7-30(31)35/h5-8,17,20,22-23,25,27-29H,9-16,18-19,21,24H2,1-4H3,(H,42,49)/t25-,27-,28-,29-/m0/s1. The van der Waals surface area contributed by atoms with E-state index in [9.17, 15) is 19.2 Å². The molecule has 10 nitrogen and oxygen atoms in total. The number of fused-ring (bicyclic) bond motifs is 1. The average Bonchev–Trinajstić information content (AvgIpc) is 3.70. The molecule has 2 aliphatic heterocycles. The van der Waals surface area contributed by atoms with Crippen LogP contribution in [0.5, 0.6) is 0 Å². The maximum absolute atomic E-state index is 14.1. The number of para-hydroxylation sites is 1. The second-order valence-corrected chi connectivity index (χ2v) is 16.2. The summed E-state index contributed by atoms with van der Waals surface area (Å²) < 4.78 is 8.31. The minimum Gasteiger partial charge on any atom is -0.376 e. The number of halogens is 2. The zero-order valence-corrected chi connectivity index (χ0v) is 31.5. The van der Waals surface area contributed by atoms with Crippen LogP contribution in [-0.2, 0) is 32.6 Å². The van der Waals surface area contributed by atoms with Crippen molar-refractivity contribution in [1.29, 1.82) is 0 Å². The molecule has 3 aromatic rings. The fourth-order valence-electron chi connectivity index (χ4n) is 7.82. The van der Waals surface area contributed by atoms with E-state index in [1.54, 1.807) is 18.3 Å². The molecule has 1 saturated carbocycles. The minimum atomic E-state index is -0.420. The molecular weight excluding hydrogens is 689 g/mol. The van der Waals surface area contributed by atoms with Crippen molar-refractivity contribution < 1.29 is 23.9 Å². The van der Waals surface area contributed by atoms with Gasteiger partial charge in [-0.25, -0.2) is 0 Å². The first kappa shape index (κ1) is 37.3. The number of piperazine rings is 1. The van der Waals surface area contributed by atoms with E-state index in [-0.39, 0.29) is 48.2 Å². The number of aryl methyl sites for hydroxylation is 1. The molecule has 0 unspecified atom stereocenters. The highest BCUT2D eigenvalue weighted by Gasteiger charge is 2.40. The molecule has 6 rings (SSSR count). The fraction of sp³-hybridized carbons (Fsp3) is 0.538. The van der Waals surface area contributed by atoms with Crippen molar-refractivity contribution in [2.45, 2.75) is 77.5 Å². The molecule has 3 aliphatic rings. The van der Waals surface area contributed by atoms with Crippen LogP contribution in [0.25, 0.3) is 10.9 Å². The monoisotopic (exact) mass is 737 g/mol. The Balaban J connectivity index is 1.13. The lowest BCUT2D eigenvalue weighted by Gasteiger charge is -2.40. The summed E-state index contributed by atoms with van der Waals surface area (Å²) in [5.74, 6) is -0.0987. The highest BCUT2D eigenvalue weighted by atomic mass is 35.5. The van der Waals surface area contributed by atoms with Gasteiger partial charge in [-0.1, -0.05) is 62.2 Å². The summed E-state index contributed by atoms with van der Waals surface area (Å²) in [6, 6.07) is 11.0. The van der Waals surface area contributed by atoms with E-state index in [0.29, 0.717) is 53.1 Å². The Kier molecular flexibility index (Phi) is 11.5. The van der Waals surface area contributed by atoms with Gasteiger partial charge in [0.1, 0.15) is 6.29 Å². The van der Waals surface area contributed by atoms with Crippen LogP contribution in [0.4, 0.5) is 5.69 Å². The maximum Gasteiger partial charge on any atom is 0.257 e. The van der Waals surface area contributed by atoms with E-state index < -0.39 is 5.41 Å². The number of anilines is 1. The number of carbonyl (C=O) groups excluding carboxylic acids is 4. The molecule has 0 bridgehead atoms. The van der Waals surface area contributed by atoms with Crippen molar-refractivity contribution in [3.05, 3.63) is 63.8 Å². The molecule has 1 aromatic heterocycles. The Bertz CT molecular complexity index is 1770. The third-order valence-corrected chi connectivity index (χ3v) is 11.4. The summed E-state index contributed by atoms with van der Waals surface area (Å²) in [4.78, 5) is 57.8. The first-order valence-electron chi connectivity index (χ1n) is 18.1. The van der Waals surface area contributed by atoms with Crippen molar-refractivity contribution in [1.82, 2.24) is 19.3 Å². The number of benzene rings is 2. The Morgan fingerprint density at radius 1 is 0.980 bits per heavy atom. The van der Waals surface area contributed by atoms with Crippen LogP contribution in [0.3, 0.4) is 0 Å². The van der Waals surface area contributed by atoms with Gasteiger partial charge in [-0.05, 0) is 55.9 Å². The van der Waals surface area contributed by atoms with Gasteiger partial charge in [0.2, 0.25) is 11.8 Å². The lowest BCUT2D eigenvalue weighted by molar-refractivity contribution is -0.141. The maximum atomic E-state index is 14.1. The van der Waals surface area contributed by atoms with Gasteiger partial charge < -0.3 is 29.2 Å². The lowest BCUT2D eigenvalue weighted by atomic mass is 9.88. The van der Waals surface area contributed by atoms with Crippen molar-refractivity contribution in [2.24, 2.45) is 18.4 Å². The number of hydrogen-bond donors (Lipinski definition) is 1. The first-order valence-corrected chi connectivity index (χ1v) is 18.8. The van der Waals surface area contributed by atoms with Gasteiger partial charge in [0.05, 0.1) is 41.4 Å². The third-order valence-electron chi connectivity index (χ3n) is 10.8. The number of nitrogens with one attached hydrogen (secondary N) is 1. The van der Waals surface area contributed by atoms with Crippen molar-refractivity contribution in [3.63, 3.8) is 0 Å². The summed E-state index contributed by atoms with van der Waals surface area (Å²) in [6.45, 7) is 9.68. The number of nitrogens with zero attached hydrogens (tertiary/aromatic N) is 4. The summed E-state index contributed by atoms with van der Waals surface area (Å²) >= 11 is 13.4. The Morgan fingerprint density at radius 2 is 1.69 bits per heavy atom. The number of ether oxygens (including phenoxy) is 1. The molecule has 3 amide bonds. The van der Waals surface area contributed by atoms with Crippen LogP contribution in [0.15, 0.2) is 42.6 Å². The molecule has 0 spiro atoms. The van der Waals surface area contributed by atoms with Gasteiger partial charge in [0.25, 0.3) is 5.91 Å². The Morgan fingerprint density at radius 3 is 2.37 bits per heavy atom. The van der Waals surface area contributed by atoms with E-state index in [2.05, 4.69) is 10.2 Å². The number of aromatic nitrogens is 1. The van der Waals surface area contributed by atoms with Crippen molar-refractivity contribution in [3.8, 4) is 0 Å². The lowest BCUT2D eigenvalue weighted by Crippen LogP contribution is -2.54. The second-order valence-electron chi connectivity index (χ2n) is 15.4. The van der Waals surface area contributed by atoms with Crippen LogP contribution < -0.4 is 5.32 Å². The summed E-state index contributed by atoms with van der Waals surface area (Å²) in [5, 5.41) is 4.37. The minimum absolute atomic E-state index is 0.0532. The SMILES string of the molecule is Cn1cc(C(=O)Nc2cc(Cl)c(CC(=O)N3C[C@@H](N4CCN(C(=O)C(C)(C)C)CC4)C[C@H]3CO[C@H]3CC[C@H](C=O)CC3)cc2Cl)c2ccccc21. The van der Waals surface area contributed by atoms with E-state index in [4.69, 9.17) is 27.9 Å². The topological polar surface area (TPSA) is 104 Å². The molecule has 2 aromatic carbocycles. The second kappa shape index (κ2) is 15.7. The summed E-state index contributed by atoms with van der Waals surface area (Å²) in [7, 11) is 1.89. The van der Waals surface area contributed by atoms with Gasteiger partial charge in [-0.3, -0.25) is 19.3 Å². The molecule has 1 aliphatic carbocycles. The summed E-state index contributed by atoms with van der Waals surface area (Å²) in [6.07, 6.45) is 7.09. The molecule has 51 heavy (non-hydrogen) atoms. The molecule has 0 radical (unpaired) electrons. The molecule has 12 heteroatoms. The van der Waals surface area contributed by atoms with Crippen molar-refractivity contribution >= 4 is 63.8 Å². The number of hydrogen-bond acceptors (Lipinski definition) is 6. The van der Waals surface area contributed by atoms with Crippen LogP contribution in [0.1, 0.15) is 68.8 Å². The van der Waals surface area contributed by atoms with Crippen LogP contribution in [0.2, 0.25) is 10.0 Å². The molecule has 274 valence electrons. The van der Waals surface area contributed by atoms with Gasteiger partial charge >= 0.3 is 0 Å². The third kappa shape index (κ3) is 8.46. The van der Waals surface area contributed by atoms with E-state index in [1.807, 2.05) is 66.5 Å². The molecule has 3 fully saturated rings. The Labute approximate surface area is 310 Å². The van der Waals surface area contributed by atoms with Gasteiger partial charge in [-0.2, -0.15) is 0 Å². The largest absolute Gasteiger partial charge is 0.376 e. The fourth-order valence-corrected chi connectivity index (χ4v) is 8.28. The van der Waals surface area contributed by atoms with Gasteiger partial charge in [0.15, 0.2) is 0 Å². The zero-order valence-electron chi connectivity index (χ0n) is 30.0. The number of rotatable bonds is 9. The van der Waals surface area contributed by atoms with Gasteiger partial charge in [0, 0.05) is 79.3 Å². The number of aldehydes is 1. The zero-order chi connectivity index (χ0) is 36.4. The van der Waals surface area contributed by atoms with E-state index in [0.717, 1.165) is 62.4 Å². The van der Waals surface area contributed by atoms with Crippen LogP contribution in [-0.4, -0.2) is 101 Å². The Hall–Kier alpha value is -3.44. The summed E-state index contributed by atoms with van der Waals surface area (Å²) in [5.41, 5.74) is 2.00. The average molecular weight is 739 g/mol. The molecule has 2 saturated heterocycles. The first-order chi connectivity index (χ1) is 24.3. The quantitative estimate of drug-likeness (QED) is 0.262. The smallest absolute Gasteiger partial charge is 0.257 e. The molecule has 2 atom stereocenters. The highest BCUT2D eigenvalue weighted by Crippen LogP contribution is 2.33. The predicted octanol–water partition coefficient (Wildman–Crippen LogP) is 6.21.